The third-order valence-electron chi connectivity index (χ3n) is 4.45. The molecule has 0 spiro atoms. The average molecular weight is 394 g/mol. The van der Waals surface area contributed by atoms with E-state index in [1.807, 2.05) is 31.2 Å². The summed E-state index contributed by atoms with van der Waals surface area (Å²) in [5.74, 6) is -0.257. The number of anilines is 1. The summed E-state index contributed by atoms with van der Waals surface area (Å²) in [6, 6.07) is 22.7. The highest BCUT2D eigenvalue weighted by Crippen LogP contribution is 2.22. The lowest BCUT2D eigenvalue weighted by Crippen LogP contribution is -2.27. The highest BCUT2D eigenvalue weighted by molar-refractivity contribution is 7.92. The Morgan fingerprint density at radius 3 is 2.29 bits per heavy atom. The van der Waals surface area contributed by atoms with Gasteiger partial charge in [-0.05, 0) is 42.8 Å². The summed E-state index contributed by atoms with van der Waals surface area (Å²) in [4.78, 5) is 12.7. The van der Waals surface area contributed by atoms with Crippen LogP contribution >= 0.6 is 0 Å². The first kappa shape index (κ1) is 19.6. The van der Waals surface area contributed by atoms with Crippen LogP contribution in [0.15, 0.2) is 83.8 Å². The molecule has 3 aromatic rings. The number of rotatable bonds is 6. The summed E-state index contributed by atoms with van der Waals surface area (Å²) in [6.45, 7) is 2.41. The number of carbonyl (C=O) groups is 1. The van der Waals surface area contributed by atoms with Gasteiger partial charge in [-0.25, -0.2) is 8.42 Å². The highest BCUT2D eigenvalue weighted by atomic mass is 32.2. The van der Waals surface area contributed by atoms with Gasteiger partial charge in [0.05, 0.1) is 10.6 Å². The largest absolute Gasteiger partial charge is 0.348 e. The predicted molar refractivity (Wildman–Crippen MR) is 111 cm³/mol. The number of aryl methyl sites for hydroxylation is 1. The van der Waals surface area contributed by atoms with Crippen molar-refractivity contribution >= 4 is 21.6 Å². The van der Waals surface area contributed by atoms with E-state index in [1.165, 1.54) is 11.4 Å². The first-order valence-corrected chi connectivity index (χ1v) is 10.3. The minimum absolute atomic E-state index is 0.201. The molecule has 1 amide bonds. The Labute approximate surface area is 165 Å². The van der Waals surface area contributed by atoms with Gasteiger partial charge in [-0.15, -0.1) is 0 Å². The van der Waals surface area contributed by atoms with Crippen molar-refractivity contribution in [3.05, 3.63) is 95.6 Å². The van der Waals surface area contributed by atoms with Crippen LogP contribution in [-0.4, -0.2) is 21.4 Å². The van der Waals surface area contributed by atoms with Crippen molar-refractivity contribution < 1.29 is 13.2 Å². The summed E-state index contributed by atoms with van der Waals surface area (Å²) in [7, 11) is -2.21. The number of carbonyl (C=O) groups excluding carboxylic acids is 1. The second kappa shape index (κ2) is 8.27. The van der Waals surface area contributed by atoms with E-state index in [-0.39, 0.29) is 10.8 Å². The van der Waals surface area contributed by atoms with Gasteiger partial charge in [0.25, 0.3) is 15.9 Å². The zero-order valence-corrected chi connectivity index (χ0v) is 16.6. The molecule has 0 fully saturated rings. The zero-order chi connectivity index (χ0) is 20.1. The normalized spacial score (nSPS) is 11.1. The van der Waals surface area contributed by atoms with Gasteiger partial charge in [-0.3, -0.25) is 9.10 Å². The average Bonchev–Trinajstić information content (AvgIpc) is 2.73. The van der Waals surface area contributed by atoms with Crippen LogP contribution in [0.1, 0.15) is 21.5 Å². The number of nitrogens with one attached hydrogen (secondary N) is 1. The molecule has 0 saturated carbocycles. The van der Waals surface area contributed by atoms with Crippen molar-refractivity contribution in [2.75, 3.05) is 11.4 Å². The molecule has 144 valence electrons. The standard InChI is InChI=1S/C22H22N2O3S/c1-17-11-13-18(14-12-17)16-23-22(25)19-7-6-8-20(15-19)24(2)28(26,27)21-9-4-3-5-10-21/h3-15H,16H2,1-2H3,(H,23,25). The van der Waals surface area contributed by atoms with Crippen molar-refractivity contribution in [2.45, 2.75) is 18.4 Å². The van der Waals surface area contributed by atoms with Gasteiger partial charge in [0.2, 0.25) is 0 Å². The van der Waals surface area contributed by atoms with Gasteiger partial charge >= 0.3 is 0 Å². The molecule has 0 atom stereocenters. The maximum absolute atomic E-state index is 12.8. The molecule has 0 aliphatic carbocycles. The van der Waals surface area contributed by atoms with E-state index in [0.717, 1.165) is 11.1 Å². The zero-order valence-electron chi connectivity index (χ0n) is 15.8. The van der Waals surface area contributed by atoms with Crippen LogP contribution in [0.3, 0.4) is 0 Å². The number of amides is 1. The van der Waals surface area contributed by atoms with Crippen LogP contribution in [0.4, 0.5) is 5.69 Å². The fourth-order valence-electron chi connectivity index (χ4n) is 2.72. The van der Waals surface area contributed by atoms with Crippen molar-refractivity contribution in [1.82, 2.24) is 5.32 Å². The molecular formula is C22H22N2O3S. The summed E-state index contributed by atoms with van der Waals surface area (Å²) < 4.78 is 26.7. The van der Waals surface area contributed by atoms with Crippen LogP contribution in [0.2, 0.25) is 0 Å². The van der Waals surface area contributed by atoms with Gasteiger partial charge < -0.3 is 5.32 Å². The van der Waals surface area contributed by atoms with Gasteiger partial charge in [0.1, 0.15) is 0 Å². The van der Waals surface area contributed by atoms with E-state index in [1.54, 1.807) is 54.6 Å². The maximum Gasteiger partial charge on any atom is 0.264 e. The number of sulfonamides is 1. The maximum atomic E-state index is 12.8. The minimum atomic E-state index is -3.69. The van der Waals surface area contributed by atoms with Crippen LogP contribution in [0.25, 0.3) is 0 Å². The Balaban J connectivity index is 1.76. The number of hydrogen-bond acceptors (Lipinski definition) is 3. The Hall–Kier alpha value is -3.12. The second-order valence-corrected chi connectivity index (χ2v) is 8.47. The number of nitrogens with zero attached hydrogens (tertiary/aromatic N) is 1. The SMILES string of the molecule is Cc1ccc(CNC(=O)c2cccc(N(C)S(=O)(=O)c3ccccc3)c2)cc1. The molecule has 0 radical (unpaired) electrons. The van der Waals surface area contributed by atoms with Crippen LogP contribution in [0, 0.1) is 6.92 Å². The topological polar surface area (TPSA) is 66.5 Å². The summed E-state index contributed by atoms with van der Waals surface area (Å²) in [5.41, 5.74) is 2.98. The second-order valence-electron chi connectivity index (χ2n) is 6.50. The monoisotopic (exact) mass is 394 g/mol. The Kier molecular flexibility index (Phi) is 5.80. The van der Waals surface area contributed by atoms with Gasteiger partial charge in [-0.1, -0.05) is 54.1 Å². The van der Waals surface area contributed by atoms with Crippen LogP contribution < -0.4 is 9.62 Å². The van der Waals surface area contributed by atoms with Gasteiger partial charge in [0, 0.05) is 19.2 Å². The molecule has 0 aliphatic heterocycles. The molecule has 3 rings (SSSR count). The quantitative estimate of drug-likeness (QED) is 0.692. The lowest BCUT2D eigenvalue weighted by molar-refractivity contribution is 0.0951. The Morgan fingerprint density at radius 2 is 1.61 bits per heavy atom. The molecule has 6 heteroatoms. The molecule has 1 N–H and O–H groups in total. The van der Waals surface area contributed by atoms with E-state index >= 15 is 0 Å². The number of hydrogen-bond donors (Lipinski definition) is 1. The molecule has 0 unspecified atom stereocenters. The van der Waals surface area contributed by atoms with E-state index in [2.05, 4.69) is 5.32 Å². The fraction of sp³-hybridized carbons (Fsp3) is 0.136. The molecule has 0 bridgehead atoms. The first-order chi connectivity index (χ1) is 13.4. The molecular weight excluding hydrogens is 372 g/mol. The molecule has 3 aromatic carbocycles. The highest BCUT2D eigenvalue weighted by Gasteiger charge is 2.21. The molecule has 0 aromatic heterocycles. The van der Waals surface area contributed by atoms with Crippen molar-refractivity contribution in [3.8, 4) is 0 Å². The Bertz CT molecular complexity index is 1060. The van der Waals surface area contributed by atoms with E-state index in [9.17, 15) is 13.2 Å². The van der Waals surface area contributed by atoms with Crippen molar-refractivity contribution in [1.29, 1.82) is 0 Å². The minimum Gasteiger partial charge on any atom is -0.348 e. The van der Waals surface area contributed by atoms with Gasteiger partial charge in [-0.2, -0.15) is 0 Å². The van der Waals surface area contributed by atoms with Crippen molar-refractivity contribution in [3.63, 3.8) is 0 Å². The molecule has 28 heavy (non-hydrogen) atoms. The molecule has 0 heterocycles. The molecule has 5 nitrogen and oxygen atoms in total. The third kappa shape index (κ3) is 4.40. The van der Waals surface area contributed by atoms with Gasteiger partial charge in [0.15, 0.2) is 0 Å². The fourth-order valence-corrected chi connectivity index (χ4v) is 3.93. The smallest absolute Gasteiger partial charge is 0.264 e. The Morgan fingerprint density at radius 1 is 0.929 bits per heavy atom. The summed E-state index contributed by atoms with van der Waals surface area (Å²) >= 11 is 0. The summed E-state index contributed by atoms with van der Waals surface area (Å²) in [5, 5.41) is 2.86. The van der Waals surface area contributed by atoms with Crippen LogP contribution in [0.5, 0.6) is 0 Å². The predicted octanol–water partition coefficient (Wildman–Crippen LogP) is 3.75. The van der Waals surface area contributed by atoms with Crippen molar-refractivity contribution in [2.24, 2.45) is 0 Å². The molecule has 0 saturated heterocycles. The van der Waals surface area contributed by atoms with E-state index < -0.39 is 10.0 Å². The number of benzene rings is 3. The molecule has 0 aliphatic rings. The lowest BCUT2D eigenvalue weighted by Gasteiger charge is -2.20. The van der Waals surface area contributed by atoms with E-state index in [0.29, 0.717) is 17.8 Å². The third-order valence-corrected chi connectivity index (χ3v) is 6.25. The lowest BCUT2D eigenvalue weighted by atomic mass is 10.1. The first-order valence-electron chi connectivity index (χ1n) is 8.86. The van der Waals surface area contributed by atoms with Crippen LogP contribution in [-0.2, 0) is 16.6 Å². The van der Waals surface area contributed by atoms with E-state index in [4.69, 9.17) is 0 Å². The summed E-state index contributed by atoms with van der Waals surface area (Å²) in [6.07, 6.45) is 0.